The molecule has 0 heterocycles. The minimum atomic E-state index is -0.382. The SMILES string of the molecule is CC(Cc1ccccc1)OC(=O)CN(CC(=O)OC(C)Cc1ccccc1)c1ccccc1. The summed E-state index contributed by atoms with van der Waals surface area (Å²) < 4.78 is 11.2. The Morgan fingerprint density at radius 1 is 0.636 bits per heavy atom. The molecule has 2 unspecified atom stereocenters. The van der Waals surface area contributed by atoms with Gasteiger partial charge in [-0.25, -0.2) is 0 Å². The second kappa shape index (κ2) is 12.4. The average molecular weight is 446 g/mol. The lowest BCUT2D eigenvalue weighted by Crippen LogP contribution is -2.38. The maximum atomic E-state index is 12.7. The largest absolute Gasteiger partial charge is 0.461 e. The van der Waals surface area contributed by atoms with Crippen LogP contribution in [0.5, 0.6) is 0 Å². The van der Waals surface area contributed by atoms with Gasteiger partial charge in [-0.1, -0.05) is 78.9 Å². The molecular weight excluding hydrogens is 414 g/mol. The number of anilines is 1. The third kappa shape index (κ3) is 8.45. The van der Waals surface area contributed by atoms with Gasteiger partial charge in [0.05, 0.1) is 0 Å². The molecule has 3 rings (SSSR count). The van der Waals surface area contributed by atoms with Gasteiger partial charge in [0, 0.05) is 18.5 Å². The summed E-state index contributed by atoms with van der Waals surface area (Å²) in [7, 11) is 0. The van der Waals surface area contributed by atoms with Gasteiger partial charge >= 0.3 is 11.9 Å². The molecule has 0 aliphatic heterocycles. The predicted octanol–water partition coefficient (Wildman–Crippen LogP) is 4.84. The van der Waals surface area contributed by atoms with Crippen molar-refractivity contribution in [3.8, 4) is 0 Å². The van der Waals surface area contributed by atoms with Crippen LogP contribution in [0.4, 0.5) is 5.69 Å². The molecule has 0 spiro atoms. The van der Waals surface area contributed by atoms with Gasteiger partial charge in [0.15, 0.2) is 0 Å². The van der Waals surface area contributed by atoms with Crippen LogP contribution in [0.15, 0.2) is 91.0 Å². The van der Waals surface area contributed by atoms with E-state index in [1.807, 2.05) is 105 Å². The van der Waals surface area contributed by atoms with Crippen molar-refractivity contribution in [2.45, 2.75) is 38.9 Å². The summed E-state index contributed by atoms with van der Waals surface area (Å²) in [6, 6.07) is 29.2. The Bertz CT molecular complexity index is 929. The minimum Gasteiger partial charge on any atom is -0.461 e. The van der Waals surface area contributed by atoms with E-state index in [1.54, 1.807) is 4.90 Å². The quantitative estimate of drug-likeness (QED) is 0.395. The van der Waals surface area contributed by atoms with Crippen LogP contribution in [0.25, 0.3) is 0 Å². The fourth-order valence-corrected chi connectivity index (χ4v) is 3.69. The van der Waals surface area contributed by atoms with E-state index >= 15 is 0 Å². The number of nitrogens with zero attached hydrogens (tertiary/aromatic N) is 1. The van der Waals surface area contributed by atoms with Gasteiger partial charge in [-0.2, -0.15) is 0 Å². The van der Waals surface area contributed by atoms with Crippen LogP contribution in [-0.4, -0.2) is 37.2 Å². The van der Waals surface area contributed by atoms with Crippen molar-refractivity contribution in [2.75, 3.05) is 18.0 Å². The topological polar surface area (TPSA) is 55.8 Å². The lowest BCUT2D eigenvalue weighted by atomic mass is 10.1. The summed E-state index contributed by atoms with van der Waals surface area (Å²) in [6.45, 7) is 3.67. The smallest absolute Gasteiger partial charge is 0.325 e. The Balaban J connectivity index is 1.56. The Morgan fingerprint density at radius 2 is 1.00 bits per heavy atom. The molecule has 0 aliphatic rings. The number of hydrogen-bond acceptors (Lipinski definition) is 5. The Hall–Kier alpha value is -3.60. The molecule has 0 radical (unpaired) electrons. The fourth-order valence-electron chi connectivity index (χ4n) is 3.69. The van der Waals surface area contributed by atoms with Crippen molar-refractivity contribution in [1.29, 1.82) is 0 Å². The molecule has 0 saturated heterocycles. The van der Waals surface area contributed by atoms with E-state index in [1.165, 1.54) is 0 Å². The zero-order valence-electron chi connectivity index (χ0n) is 19.2. The highest BCUT2D eigenvalue weighted by Crippen LogP contribution is 2.15. The first-order chi connectivity index (χ1) is 16.0. The molecule has 0 bridgehead atoms. The number of esters is 2. The van der Waals surface area contributed by atoms with E-state index in [2.05, 4.69) is 0 Å². The molecule has 3 aromatic carbocycles. The summed E-state index contributed by atoms with van der Waals surface area (Å²) in [5, 5.41) is 0. The zero-order chi connectivity index (χ0) is 23.5. The van der Waals surface area contributed by atoms with E-state index in [4.69, 9.17) is 9.47 Å². The molecule has 0 aromatic heterocycles. The van der Waals surface area contributed by atoms with E-state index in [0.29, 0.717) is 12.8 Å². The van der Waals surface area contributed by atoms with Gasteiger partial charge in [-0.05, 0) is 37.1 Å². The highest BCUT2D eigenvalue weighted by atomic mass is 16.5. The molecular formula is C28H31NO4. The maximum Gasteiger partial charge on any atom is 0.325 e. The first-order valence-electron chi connectivity index (χ1n) is 11.3. The summed E-state index contributed by atoms with van der Waals surface area (Å²) in [5.74, 6) is -0.764. The van der Waals surface area contributed by atoms with Crippen LogP contribution in [0, 0.1) is 0 Å². The van der Waals surface area contributed by atoms with Crippen LogP contribution in [0.3, 0.4) is 0 Å². The highest BCUT2D eigenvalue weighted by molar-refractivity contribution is 5.81. The van der Waals surface area contributed by atoms with E-state index in [0.717, 1.165) is 16.8 Å². The van der Waals surface area contributed by atoms with Crippen molar-refractivity contribution in [3.05, 3.63) is 102 Å². The molecule has 5 heteroatoms. The predicted molar refractivity (Wildman–Crippen MR) is 130 cm³/mol. The third-order valence-electron chi connectivity index (χ3n) is 5.16. The number of hydrogen-bond donors (Lipinski definition) is 0. The molecule has 0 fully saturated rings. The van der Waals surface area contributed by atoms with Gasteiger partial charge in [-0.15, -0.1) is 0 Å². The molecule has 0 aliphatic carbocycles. The van der Waals surface area contributed by atoms with Crippen molar-refractivity contribution in [2.24, 2.45) is 0 Å². The van der Waals surface area contributed by atoms with Crippen LogP contribution in [0.2, 0.25) is 0 Å². The fraction of sp³-hybridized carbons (Fsp3) is 0.286. The Kier molecular flexibility index (Phi) is 9.07. The van der Waals surface area contributed by atoms with Gasteiger partial charge in [0.1, 0.15) is 25.3 Å². The number of carbonyl (C=O) groups is 2. The highest BCUT2D eigenvalue weighted by Gasteiger charge is 2.20. The monoisotopic (exact) mass is 445 g/mol. The molecule has 3 aromatic rings. The van der Waals surface area contributed by atoms with Crippen LogP contribution in [-0.2, 0) is 31.9 Å². The number of rotatable bonds is 11. The lowest BCUT2D eigenvalue weighted by molar-refractivity contribution is -0.147. The second-order valence-corrected chi connectivity index (χ2v) is 8.17. The van der Waals surface area contributed by atoms with Crippen molar-refractivity contribution in [1.82, 2.24) is 0 Å². The minimum absolute atomic E-state index is 0.0364. The second-order valence-electron chi connectivity index (χ2n) is 8.17. The molecule has 33 heavy (non-hydrogen) atoms. The summed E-state index contributed by atoms with van der Waals surface area (Å²) in [6.07, 6.45) is 0.735. The van der Waals surface area contributed by atoms with Crippen LogP contribution in [0.1, 0.15) is 25.0 Å². The van der Waals surface area contributed by atoms with Crippen LogP contribution >= 0.6 is 0 Å². The molecule has 172 valence electrons. The van der Waals surface area contributed by atoms with Crippen molar-refractivity contribution >= 4 is 17.6 Å². The molecule has 0 N–H and O–H groups in total. The number of para-hydroxylation sites is 1. The first kappa shape index (κ1) is 24.1. The molecule has 2 atom stereocenters. The normalized spacial score (nSPS) is 12.4. The number of benzene rings is 3. The van der Waals surface area contributed by atoms with Gasteiger partial charge in [0.25, 0.3) is 0 Å². The van der Waals surface area contributed by atoms with E-state index in [-0.39, 0.29) is 37.2 Å². The zero-order valence-corrected chi connectivity index (χ0v) is 19.2. The average Bonchev–Trinajstić information content (AvgIpc) is 2.80. The molecule has 5 nitrogen and oxygen atoms in total. The van der Waals surface area contributed by atoms with Gasteiger partial charge < -0.3 is 14.4 Å². The number of carbonyl (C=O) groups excluding carboxylic acids is 2. The summed E-state index contributed by atoms with van der Waals surface area (Å²) in [4.78, 5) is 27.0. The van der Waals surface area contributed by atoms with Gasteiger partial charge in [-0.3, -0.25) is 9.59 Å². The first-order valence-corrected chi connectivity index (χ1v) is 11.3. The van der Waals surface area contributed by atoms with Gasteiger partial charge in [0.2, 0.25) is 0 Å². The van der Waals surface area contributed by atoms with Crippen molar-refractivity contribution in [3.63, 3.8) is 0 Å². The standard InChI is InChI=1S/C28H31NO4/c1-22(18-24-12-6-3-7-13-24)32-27(30)20-29(26-16-10-5-11-17-26)21-28(31)33-23(2)19-25-14-8-4-9-15-25/h3-17,22-23H,18-21H2,1-2H3. The maximum absolute atomic E-state index is 12.7. The van der Waals surface area contributed by atoms with E-state index < -0.39 is 0 Å². The van der Waals surface area contributed by atoms with Crippen molar-refractivity contribution < 1.29 is 19.1 Å². The Labute approximate surface area is 196 Å². The third-order valence-corrected chi connectivity index (χ3v) is 5.16. The van der Waals surface area contributed by atoms with Crippen LogP contribution < -0.4 is 4.90 Å². The van der Waals surface area contributed by atoms with E-state index in [9.17, 15) is 9.59 Å². The Morgan fingerprint density at radius 3 is 1.39 bits per heavy atom. The summed E-state index contributed by atoms with van der Waals surface area (Å²) >= 11 is 0. The molecule has 0 saturated carbocycles. The molecule has 0 amide bonds. The lowest BCUT2D eigenvalue weighted by Gasteiger charge is -2.25. The number of ether oxygens (including phenoxy) is 2. The summed E-state index contributed by atoms with van der Waals surface area (Å²) in [5.41, 5.74) is 2.97.